The molecule has 0 aliphatic heterocycles. The Hall–Kier alpha value is -2.15. The third kappa shape index (κ3) is 4.20. The van der Waals surface area contributed by atoms with Crippen LogP contribution in [0.25, 0.3) is 0 Å². The quantitative estimate of drug-likeness (QED) is 0.772. The number of ether oxygens (including phenoxy) is 1. The van der Waals surface area contributed by atoms with E-state index in [9.17, 15) is 19.1 Å². The van der Waals surface area contributed by atoms with E-state index in [0.29, 0.717) is 0 Å². The number of carbonyl (C=O) groups is 2. The van der Waals surface area contributed by atoms with Crippen LogP contribution in [-0.4, -0.2) is 30.2 Å². The lowest BCUT2D eigenvalue weighted by Gasteiger charge is -2.18. The second-order valence-corrected chi connectivity index (χ2v) is 4.19. The molecule has 1 aromatic rings. The van der Waals surface area contributed by atoms with Crippen LogP contribution in [0, 0.1) is 5.82 Å². The average molecular weight is 284 g/mol. The van der Waals surface area contributed by atoms with Crippen LogP contribution in [-0.2, 0) is 4.79 Å². The molecule has 2 atom stereocenters. The smallest absolute Gasteiger partial charge is 0.321 e. The molecule has 0 bridgehead atoms. The zero-order chi connectivity index (χ0) is 15.3. The van der Waals surface area contributed by atoms with Crippen LogP contribution < -0.4 is 15.4 Å². The van der Waals surface area contributed by atoms with Gasteiger partial charge in [-0.2, -0.15) is 0 Å². The summed E-state index contributed by atoms with van der Waals surface area (Å²) in [5.41, 5.74) is 0.226. The number of carbonyl (C=O) groups excluding carboxylic acids is 2. The number of nitrogens with one attached hydrogen (secondary N) is 2. The Labute approximate surface area is 115 Å². The van der Waals surface area contributed by atoms with Gasteiger partial charge in [-0.3, -0.25) is 10.1 Å². The van der Waals surface area contributed by atoms with Crippen molar-refractivity contribution in [1.29, 1.82) is 0 Å². The minimum atomic E-state index is -0.977. The Bertz CT molecular complexity index is 505. The van der Waals surface area contributed by atoms with E-state index in [4.69, 9.17) is 4.74 Å². The minimum absolute atomic E-state index is 0.181. The summed E-state index contributed by atoms with van der Waals surface area (Å²) in [5, 5.41) is 13.8. The van der Waals surface area contributed by atoms with Crippen molar-refractivity contribution >= 4 is 11.9 Å². The van der Waals surface area contributed by atoms with Gasteiger partial charge < -0.3 is 15.2 Å². The summed E-state index contributed by atoms with van der Waals surface area (Å²) in [5.74, 6) is -0.984. The molecular weight excluding hydrogens is 267 g/mol. The zero-order valence-corrected chi connectivity index (χ0v) is 11.4. The largest absolute Gasteiger partial charge is 0.480 e. The van der Waals surface area contributed by atoms with Gasteiger partial charge >= 0.3 is 6.03 Å². The Morgan fingerprint density at radius 2 is 2.00 bits per heavy atom. The average Bonchev–Trinajstić information content (AvgIpc) is 2.40. The first-order valence-electron chi connectivity index (χ1n) is 6.02. The van der Waals surface area contributed by atoms with Gasteiger partial charge in [-0.25, -0.2) is 9.18 Å². The molecule has 110 valence electrons. The summed E-state index contributed by atoms with van der Waals surface area (Å²) >= 11 is 0. The van der Waals surface area contributed by atoms with Gasteiger partial charge in [0.05, 0.1) is 6.10 Å². The number of aliphatic hydroxyl groups is 1. The highest BCUT2D eigenvalue weighted by Crippen LogP contribution is 2.26. The molecule has 0 aliphatic rings. The molecule has 0 heterocycles. The van der Waals surface area contributed by atoms with Gasteiger partial charge in [-0.05, 0) is 32.0 Å². The van der Waals surface area contributed by atoms with Crippen LogP contribution in [0.1, 0.15) is 25.5 Å². The number of urea groups is 1. The predicted octanol–water partition coefficient (Wildman–Crippen LogP) is 1.10. The van der Waals surface area contributed by atoms with Crippen molar-refractivity contribution in [2.45, 2.75) is 26.1 Å². The Balaban J connectivity index is 2.82. The lowest BCUT2D eigenvalue weighted by Crippen LogP contribution is -2.44. The van der Waals surface area contributed by atoms with Crippen molar-refractivity contribution in [3.8, 4) is 5.75 Å². The maximum absolute atomic E-state index is 13.1. The number of rotatable bonds is 4. The first-order chi connectivity index (χ1) is 9.35. The molecule has 0 saturated carbocycles. The minimum Gasteiger partial charge on any atom is -0.480 e. The molecule has 1 rings (SSSR count). The summed E-state index contributed by atoms with van der Waals surface area (Å²) in [6.07, 6.45) is -1.93. The van der Waals surface area contributed by atoms with E-state index in [1.54, 1.807) is 0 Å². The number of amides is 3. The summed E-state index contributed by atoms with van der Waals surface area (Å²) in [7, 11) is 1.37. The van der Waals surface area contributed by atoms with Crippen molar-refractivity contribution in [3.05, 3.63) is 29.6 Å². The van der Waals surface area contributed by atoms with Gasteiger partial charge in [0, 0.05) is 12.6 Å². The highest BCUT2D eigenvalue weighted by molar-refractivity contribution is 5.96. The monoisotopic (exact) mass is 284 g/mol. The molecule has 3 N–H and O–H groups in total. The molecule has 20 heavy (non-hydrogen) atoms. The molecule has 7 heteroatoms. The SMILES string of the molecule is CNC(=O)NC(=O)C(C)Oc1ccc(F)cc1C(C)O. The topological polar surface area (TPSA) is 87.7 Å². The zero-order valence-electron chi connectivity index (χ0n) is 11.4. The summed E-state index contributed by atoms with van der Waals surface area (Å²) in [6.45, 7) is 2.89. The highest BCUT2D eigenvalue weighted by atomic mass is 19.1. The van der Waals surface area contributed by atoms with Crippen molar-refractivity contribution in [2.75, 3.05) is 7.05 Å². The van der Waals surface area contributed by atoms with E-state index in [-0.39, 0.29) is 11.3 Å². The van der Waals surface area contributed by atoms with Gasteiger partial charge in [0.1, 0.15) is 11.6 Å². The van der Waals surface area contributed by atoms with Gasteiger partial charge in [-0.15, -0.1) is 0 Å². The number of hydrogen-bond donors (Lipinski definition) is 3. The lowest BCUT2D eigenvalue weighted by molar-refractivity contribution is -0.126. The van der Waals surface area contributed by atoms with E-state index in [1.165, 1.54) is 27.0 Å². The number of aliphatic hydroxyl groups excluding tert-OH is 1. The normalized spacial score (nSPS) is 13.2. The number of hydrogen-bond acceptors (Lipinski definition) is 4. The second kappa shape index (κ2) is 6.85. The number of halogens is 1. The third-order valence-corrected chi connectivity index (χ3v) is 2.56. The van der Waals surface area contributed by atoms with Gasteiger partial charge in [0.2, 0.25) is 0 Å². The van der Waals surface area contributed by atoms with Crippen LogP contribution >= 0.6 is 0 Å². The second-order valence-electron chi connectivity index (χ2n) is 4.19. The molecule has 0 radical (unpaired) electrons. The molecule has 3 amide bonds. The molecule has 0 fully saturated rings. The predicted molar refractivity (Wildman–Crippen MR) is 69.7 cm³/mol. The number of benzene rings is 1. The third-order valence-electron chi connectivity index (χ3n) is 2.56. The maximum Gasteiger partial charge on any atom is 0.321 e. The van der Waals surface area contributed by atoms with Crippen molar-refractivity contribution < 1.29 is 23.8 Å². The fraction of sp³-hybridized carbons (Fsp3) is 0.385. The van der Waals surface area contributed by atoms with Gasteiger partial charge in [0.15, 0.2) is 6.10 Å². The fourth-order valence-corrected chi connectivity index (χ4v) is 1.47. The summed E-state index contributed by atoms with van der Waals surface area (Å²) in [4.78, 5) is 22.6. The van der Waals surface area contributed by atoms with Crippen LogP contribution in [0.5, 0.6) is 5.75 Å². The van der Waals surface area contributed by atoms with Crippen LogP contribution in [0.2, 0.25) is 0 Å². The first-order valence-corrected chi connectivity index (χ1v) is 6.02. The van der Waals surface area contributed by atoms with E-state index in [0.717, 1.165) is 12.1 Å². The molecular formula is C13H17FN2O4. The maximum atomic E-state index is 13.1. The van der Waals surface area contributed by atoms with Crippen molar-refractivity contribution in [1.82, 2.24) is 10.6 Å². The first kappa shape index (κ1) is 15.9. The molecule has 0 aliphatic carbocycles. The van der Waals surface area contributed by atoms with E-state index >= 15 is 0 Å². The standard InChI is InChI=1S/C13H17FN2O4/c1-7(17)10-6-9(14)4-5-11(10)20-8(2)12(18)16-13(19)15-3/h4-8,17H,1-3H3,(H2,15,16,18,19). The van der Waals surface area contributed by atoms with E-state index in [1.807, 2.05) is 0 Å². The van der Waals surface area contributed by atoms with Crippen LogP contribution in [0.15, 0.2) is 18.2 Å². The lowest BCUT2D eigenvalue weighted by atomic mass is 10.1. The van der Waals surface area contributed by atoms with E-state index < -0.39 is 30.0 Å². The van der Waals surface area contributed by atoms with Crippen molar-refractivity contribution in [2.24, 2.45) is 0 Å². The highest BCUT2D eigenvalue weighted by Gasteiger charge is 2.19. The van der Waals surface area contributed by atoms with Crippen LogP contribution in [0.4, 0.5) is 9.18 Å². The molecule has 0 saturated heterocycles. The van der Waals surface area contributed by atoms with Crippen LogP contribution in [0.3, 0.4) is 0 Å². The Kier molecular flexibility index (Phi) is 5.45. The fourth-order valence-electron chi connectivity index (χ4n) is 1.47. The van der Waals surface area contributed by atoms with Gasteiger partial charge in [-0.1, -0.05) is 0 Å². The Morgan fingerprint density at radius 3 is 2.55 bits per heavy atom. The Morgan fingerprint density at radius 1 is 1.35 bits per heavy atom. The van der Waals surface area contributed by atoms with Gasteiger partial charge in [0.25, 0.3) is 5.91 Å². The summed E-state index contributed by atoms with van der Waals surface area (Å²) < 4.78 is 18.5. The van der Waals surface area contributed by atoms with Crippen molar-refractivity contribution in [3.63, 3.8) is 0 Å². The molecule has 1 aromatic carbocycles. The molecule has 0 aromatic heterocycles. The summed E-state index contributed by atoms with van der Waals surface area (Å²) in [6, 6.07) is 2.95. The molecule has 0 spiro atoms. The van der Waals surface area contributed by atoms with E-state index in [2.05, 4.69) is 10.6 Å². The molecule has 2 unspecified atom stereocenters. The number of imide groups is 1. The molecule has 6 nitrogen and oxygen atoms in total.